The fraction of sp³-hybridized carbons (Fsp3) is 0.696. The van der Waals surface area contributed by atoms with Crippen molar-refractivity contribution in [3.63, 3.8) is 0 Å². The molecule has 0 radical (unpaired) electrons. The van der Waals surface area contributed by atoms with Gasteiger partial charge in [-0.15, -0.1) is 0 Å². The first-order valence-corrected chi connectivity index (χ1v) is 10.4. The van der Waals surface area contributed by atoms with E-state index in [1.807, 2.05) is 0 Å². The summed E-state index contributed by atoms with van der Waals surface area (Å²) in [5, 5.41) is 9.70. The number of hydrogen-bond acceptors (Lipinski definition) is 1. The number of hydrogen-bond donors (Lipinski definition) is 0. The van der Waals surface area contributed by atoms with E-state index in [4.69, 9.17) is 0 Å². The van der Waals surface area contributed by atoms with E-state index in [2.05, 4.69) is 32.0 Å². The lowest BCUT2D eigenvalue weighted by molar-refractivity contribution is 0.440. The summed E-state index contributed by atoms with van der Waals surface area (Å²) in [7, 11) is 0. The number of nitriles is 1. The predicted molar refractivity (Wildman–Crippen MR) is 103 cm³/mol. The zero-order valence-electron chi connectivity index (χ0n) is 15.9. The van der Waals surface area contributed by atoms with Crippen LogP contribution in [0.4, 0.5) is 0 Å². The van der Waals surface area contributed by atoms with Gasteiger partial charge >= 0.3 is 0 Å². The molecule has 0 aromatic heterocycles. The second-order valence-electron chi connectivity index (χ2n) is 7.53. The topological polar surface area (TPSA) is 23.8 Å². The number of benzene rings is 1. The van der Waals surface area contributed by atoms with Gasteiger partial charge in [0.1, 0.15) is 0 Å². The highest BCUT2D eigenvalue weighted by atomic mass is 14.3. The van der Waals surface area contributed by atoms with Crippen molar-refractivity contribution in [1.82, 2.24) is 0 Å². The van der Waals surface area contributed by atoms with Crippen molar-refractivity contribution in [3.05, 3.63) is 34.4 Å². The molecule has 0 atom stereocenters. The van der Waals surface area contributed by atoms with Crippen LogP contribution in [0.5, 0.6) is 0 Å². The maximum Gasteiger partial charge on any atom is 0.0994 e. The van der Waals surface area contributed by atoms with Crippen molar-refractivity contribution in [2.75, 3.05) is 0 Å². The van der Waals surface area contributed by atoms with Gasteiger partial charge in [0.2, 0.25) is 0 Å². The summed E-state index contributed by atoms with van der Waals surface area (Å²) in [5.74, 6) is 0.635. The quantitative estimate of drug-likeness (QED) is 0.445. The van der Waals surface area contributed by atoms with Gasteiger partial charge in [0.25, 0.3) is 0 Å². The van der Waals surface area contributed by atoms with Crippen LogP contribution in [0.3, 0.4) is 0 Å². The van der Waals surface area contributed by atoms with E-state index >= 15 is 0 Å². The molecule has 1 nitrogen and oxygen atoms in total. The summed E-state index contributed by atoms with van der Waals surface area (Å²) in [6, 6.07) is 6.90. The van der Waals surface area contributed by atoms with E-state index in [-0.39, 0.29) is 0 Å². The van der Waals surface area contributed by atoms with Crippen LogP contribution in [-0.2, 0) is 12.8 Å². The monoisotopic (exact) mass is 325 g/mol. The minimum Gasteiger partial charge on any atom is -0.192 e. The predicted octanol–water partition coefficient (Wildman–Crippen LogP) is 7.07. The molecule has 1 saturated carbocycles. The van der Waals surface area contributed by atoms with Crippen molar-refractivity contribution < 1.29 is 0 Å². The average Bonchev–Trinajstić information content (AvgIpc) is 2.63. The fourth-order valence-electron chi connectivity index (χ4n) is 4.31. The molecule has 1 aliphatic carbocycles. The Kier molecular flexibility index (Phi) is 8.37. The third-order valence-electron chi connectivity index (χ3n) is 5.67. The molecular formula is C23H35N. The third kappa shape index (κ3) is 5.10. The van der Waals surface area contributed by atoms with E-state index in [1.165, 1.54) is 89.0 Å². The summed E-state index contributed by atoms with van der Waals surface area (Å²) in [4.78, 5) is 0. The van der Waals surface area contributed by atoms with E-state index in [9.17, 15) is 5.26 Å². The van der Waals surface area contributed by atoms with Gasteiger partial charge in [-0.3, -0.25) is 0 Å². The largest absolute Gasteiger partial charge is 0.192 e. The lowest BCUT2D eigenvalue weighted by atomic mass is 9.77. The molecule has 1 aromatic rings. The Morgan fingerprint density at radius 3 is 2.21 bits per heavy atom. The van der Waals surface area contributed by atoms with Gasteiger partial charge in [-0.25, -0.2) is 0 Å². The standard InChI is InChI=1S/C23H35N/c1-3-5-8-12-19-16-17-21(18-24)23(20-13-10-7-11-14-20)22(19)15-9-6-4-2/h16-17,20H,3-15H2,1-2H3. The van der Waals surface area contributed by atoms with Gasteiger partial charge in [0.05, 0.1) is 11.6 Å². The lowest BCUT2D eigenvalue weighted by Crippen LogP contribution is -2.12. The molecule has 0 bridgehead atoms. The fourth-order valence-corrected chi connectivity index (χ4v) is 4.31. The Bertz CT molecular complexity index is 532. The third-order valence-corrected chi connectivity index (χ3v) is 5.67. The molecule has 1 heteroatoms. The highest BCUT2D eigenvalue weighted by Gasteiger charge is 2.23. The molecule has 0 unspecified atom stereocenters. The van der Waals surface area contributed by atoms with Gasteiger partial charge in [-0.2, -0.15) is 5.26 Å². The first kappa shape index (κ1) is 19.0. The van der Waals surface area contributed by atoms with Crippen molar-refractivity contribution in [3.8, 4) is 6.07 Å². The molecule has 24 heavy (non-hydrogen) atoms. The van der Waals surface area contributed by atoms with Crippen LogP contribution in [0.15, 0.2) is 12.1 Å². The Hall–Kier alpha value is -1.29. The maximum atomic E-state index is 9.70. The van der Waals surface area contributed by atoms with Crippen LogP contribution in [0, 0.1) is 11.3 Å². The van der Waals surface area contributed by atoms with E-state index < -0.39 is 0 Å². The zero-order chi connectivity index (χ0) is 17.2. The normalized spacial score (nSPS) is 15.4. The minimum absolute atomic E-state index is 0.635. The molecule has 0 saturated heterocycles. The highest BCUT2D eigenvalue weighted by molar-refractivity contribution is 5.49. The molecule has 1 fully saturated rings. The summed E-state index contributed by atoms with van der Waals surface area (Å²) >= 11 is 0. The van der Waals surface area contributed by atoms with Crippen molar-refractivity contribution in [1.29, 1.82) is 5.26 Å². The van der Waals surface area contributed by atoms with Gasteiger partial charge in [-0.05, 0) is 67.2 Å². The van der Waals surface area contributed by atoms with Crippen LogP contribution in [0.1, 0.15) is 113 Å². The summed E-state index contributed by atoms with van der Waals surface area (Å²) < 4.78 is 0. The first-order valence-electron chi connectivity index (χ1n) is 10.4. The van der Waals surface area contributed by atoms with Gasteiger partial charge in [-0.1, -0.05) is 64.9 Å². The smallest absolute Gasteiger partial charge is 0.0994 e. The van der Waals surface area contributed by atoms with Crippen LogP contribution < -0.4 is 0 Å². The van der Waals surface area contributed by atoms with Gasteiger partial charge in [0, 0.05) is 0 Å². The number of aryl methyl sites for hydroxylation is 1. The molecule has 1 aliphatic rings. The SMILES string of the molecule is CCCCCc1ccc(C#N)c(C2CCCCC2)c1CCCCC. The summed E-state index contributed by atoms with van der Waals surface area (Å²) in [6.45, 7) is 4.55. The molecule has 0 amide bonds. The first-order chi connectivity index (χ1) is 11.8. The Balaban J connectivity index is 2.33. The van der Waals surface area contributed by atoms with Crippen molar-refractivity contribution in [2.24, 2.45) is 0 Å². The Morgan fingerprint density at radius 2 is 1.58 bits per heavy atom. The maximum absolute atomic E-state index is 9.70. The van der Waals surface area contributed by atoms with Crippen molar-refractivity contribution >= 4 is 0 Å². The Labute approximate surface area is 149 Å². The summed E-state index contributed by atoms with van der Waals surface area (Å²) in [6.07, 6.45) is 16.7. The molecule has 0 spiro atoms. The molecule has 0 N–H and O–H groups in total. The lowest BCUT2D eigenvalue weighted by Gasteiger charge is -2.27. The molecule has 0 aliphatic heterocycles. The van der Waals surface area contributed by atoms with Crippen LogP contribution >= 0.6 is 0 Å². The molecule has 1 aromatic carbocycles. The second-order valence-corrected chi connectivity index (χ2v) is 7.53. The zero-order valence-corrected chi connectivity index (χ0v) is 15.9. The average molecular weight is 326 g/mol. The van der Waals surface area contributed by atoms with Crippen LogP contribution in [-0.4, -0.2) is 0 Å². The number of rotatable bonds is 9. The van der Waals surface area contributed by atoms with E-state index in [0.717, 1.165) is 5.56 Å². The molecule has 132 valence electrons. The molecular weight excluding hydrogens is 290 g/mol. The molecule has 2 rings (SSSR count). The summed E-state index contributed by atoms with van der Waals surface area (Å²) in [5.41, 5.74) is 5.51. The number of nitrogens with zero attached hydrogens (tertiary/aromatic N) is 1. The van der Waals surface area contributed by atoms with E-state index in [0.29, 0.717) is 5.92 Å². The van der Waals surface area contributed by atoms with E-state index in [1.54, 1.807) is 11.1 Å². The number of unbranched alkanes of at least 4 members (excludes halogenated alkanes) is 4. The highest BCUT2D eigenvalue weighted by Crippen LogP contribution is 2.38. The van der Waals surface area contributed by atoms with Gasteiger partial charge < -0.3 is 0 Å². The van der Waals surface area contributed by atoms with Gasteiger partial charge in [0.15, 0.2) is 0 Å². The Morgan fingerprint density at radius 1 is 0.917 bits per heavy atom. The molecule has 0 heterocycles. The van der Waals surface area contributed by atoms with Crippen LogP contribution in [0.25, 0.3) is 0 Å². The van der Waals surface area contributed by atoms with Crippen molar-refractivity contribution in [2.45, 2.75) is 103 Å². The second kappa shape index (κ2) is 10.5. The minimum atomic E-state index is 0.635. The van der Waals surface area contributed by atoms with Crippen LogP contribution in [0.2, 0.25) is 0 Å².